The number of hydrogen-bond donors (Lipinski definition) is 2. The molecule has 1 unspecified atom stereocenters. The van der Waals surface area contributed by atoms with E-state index in [1.54, 1.807) is 48.7 Å². The number of aliphatic hydroxyl groups is 1. The Balaban J connectivity index is 2.15. The second kappa shape index (κ2) is 4.94. The number of Topliss-reactive ketones (excluding diaryl/α,β-unsaturated/α-hetero) is 1. The Morgan fingerprint density at radius 3 is 2.68 bits per heavy atom. The topological polar surface area (TPSA) is 67.8 Å². The van der Waals surface area contributed by atoms with E-state index in [0.29, 0.717) is 17.1 Å². The Bertz CT molecular complexity index is 503. The molecule has 8 heteroatoms. The van der Waals surface area contributed by atoms with Gasteiger partial charge >= 0.3 is 0 Å². The van der Waals surface area contributed by atoms with E-state index in [9.17, 15) is 9.90 Å². The van der Waals surface area contributed by atoms with E-state index >= 15 is 0 Å². The maximum atomic E-state index is 12.2. The zero-order chi connectivity index (χ0) is 14.2. The lowest BCUT2D eigenvalue weighted by Crippen LogP contribution is -2.53. The molecule has 0 amide bonds. The minimum absolute atomic E-state index is 0.104. The minimum Gasteiger partial charge on any atom is -0.460 e. The molecule has 0 spiro atoms. The van der Waals surface area contributed by atoms with Gasteiger partial charge in [-0.05, 0) is 25.1 Å². The van der Waals surface area contributed by atoms with Crippen LogP contribution < -0.4 is 14.8 Å². The average Bonchev–Trinajstić information content (AvgIpc) is 2.64. The summed E-state index contributed by atoms with van der Waals surface area (Å²) in [6, 6.07) is 4.61. The standard InChI is InChI=1S/C11H16B3NO4/c1-5(15-11(13,14)17)9(16)6-2-3-7-8(4-6)19-10(12)18-7/h2-5,10,15,17H,12-14H2,1H3/t5-,10?/m1/s1. The first kappa shape index (κ1) is 14.0. The summed E-state index contributed by atoms with van der Waals surface area (Å²) < 4.78 is 10.8. The van der Waals surface area contributed by atoms with Crippen molar-refractivity contribution in [2.45, 2.75) is 24.7 Å². The number of ketones is 1. The van der Waals surface area contributed by atoms with E-state index in [-0.39, 0.29) is 12.0 Å². The molecule has 0 bridgehead atoms. The van der Waals surface area contributed by atoms with Crippen molar-refractivity contribution in [3.05, 3.63) is 23.8 Å². The van der Waals surface area contributed by atoms with E-state index < -0.39 is 11.6 Å². The Labute approximate surface area is 114 Å². The summed E-state index contributed by atoms with van der Waals surface area (Å²) >= 11 is 0. The normalized spacial score (nSPS) is 19.2. The molecule has 1 aromatic rings. The van der Waals surface area contributed by atoms with Crippen molar-refractivity contribution in [3.63, 3.8) is 0 Å². The van der Waals surface area contributed by atoms with Gasteiger partial charge in [0, 0.05) is 11.1 Å². The molecule has 2 atom stereocenters. The van der Waals surface area contributed by atoms with Crippen molar-refractivity contribution in [2.24, 2.45) is 0 Å². The molecule has 0 fully saturated rings. The number of hydrogen-bond acceptors (Lipinski definition) is 5. The van der Waals surface area contributed by atoms with Crippen LogP contribution in [-0.4, -0.2) is 52.2 Å². The zero-order valence-electron chi connectivity index (χ0n) is 11.6. The fourth-order valence-corrected chi connectivity index (χ4v) is 2.08. The van der Waals surface area contributed by atoms with E-state index in [1.807, 2.05) is 0 Å². The van der Waals surface area contributed by atoms with Crippen molar-refractivity contribution < 1.29 is 19.4 Å². The van der Waals surface area contributed by atoms with E-state index in [0.717, 1.165) is 0 Å². The van der Waals surface area contributed by atoms with Crippen molar-refractivity contribution >= 4 is 29.3 Å². The van der Waals surface area contributed by atoms with Gasteiger partial charge in [0.05, 0.1) is 6.04 Å². The molecule has 0 aliphatic carbocycles. The number of carbonyl (C=O) groups excluding carboxylic acids is 1. The van der Waals surface area contributed by atoms with E-state index in [4.69, 9.17) is 9.47 Å². The molecular weight excluding hydrogens is 243 g/mol. The van der Waals surface area contributed by atoms with E-state index in [1.165, 1.54) is 0 Å². The van der Waals surface area contributed by atoms with Crippen molar-refractivity contribution in [1.82, 2.24) is 5.32 Å². The molecule has 2 N–H and O–H groups in total. The van der Waals surface area contributed by atoms with Gasteiger partial charge in [-0.25, -0.2) is 0 Å². The lowest BCUT2D eigenvalue weighted by molar-refractivity contribution is 0.0888. The number of nitrogens with one attached hydrogen (secondary N) is 1. The highest BCUT2D eigenvalue weighted by Crippen LogP contribution is 2.34. The van der Waals surface area contributed by atoms with Crippen LogP contribution >= 0.6 is 0 Å². The lowest BCUT2D eigenvalue weighted by atomic mass is 9.73. The van der Waals surface area contributed by atoms with E-state index in [2.05, 4.69) is 5.32 Å². The van der Waals surface area contributed by atoms with Gasteiger partial charge in [0.2, 0.25) is 7.85 Å². The molecule has 0 saturated heterocycles. The first-order valence-corrected chi connectivity index (χ1v) is 6.28. The quantitative estimate of drug-likeness (QED) is 0.352. The lowest BCUT2D eigenvalue weighted by Gasteiger charge is -2.24. The number of benzene rings is 1. The molecule has 0 radical (unpaired) electrons. The summed E-state index contributed by atoms with van der Waals surface area (Å²) in [5, 5.41) is 12.5. The second-order valence-corrected chi connectivity index (χ2v) is 5.25. The Kier molecular flexibility index (Phi) is 3.65. The van der Waals surface area contributed by atoms with Crippen molar-refractivity contribution in [3.8, 4) is 11.5 Å². The molecule has 1 aliphatic rings. The van der Waals surface area contributed by atoms with Crippen molar-refractivity contribution in [2.75, 3.05) is 0 Å². The van der Waals surface area contributed by atoms with Gasteiger partial charge in [0.25, 0.3) is 0 Å². The highest BCUT2D eigenvalue weighted by molar-refractivity contribution is 6.38. The van der Waals surface area contributed by atoms with Crippen LogP contribution in [0.1, 0.15) is 17.3 Å². The SMILES string of the molecule is BC1Oc2ccc(C(=O)[C@@H](C)NC(B)(B)O)cc2O1. The Hall–Kier alpha value is -1.40. The summed E-state index contributed by atoms with van der Waals surface area (Å²) in [4.78, 5) is 12.2. The van der Waals surface area contributed by atoms with Gasteiger partial charge in [-0.3, -0.25) is 10.1 Å². The molecule has 2 rings (SSSR count). The predicted octanol–water partition coefficient (Wildman–Crippen LogP) is -2.59. The molecule has 0 aromatic heterocycles. The molecule has 1 aromatic carbocycles. The molecule has 5 nitrogen and oxygen atoms in total. The average molecular weight is 259 g/mol. The number of fused-ring (bicyclic) bond motifs is 1. The molecule has 1 aliphatic heterocycles. The summed E-state index contributed by atoms with van der Waals surface area (Å²) in [6.45, 7) is 1.72. The van der Waals surface area contributed by atoms with Crippen LogP contribution in [0.25, 0.3) is 0 Å². The molecule has 19 heavy (non-hydrogen) atoms. The summed E-state index contributed by atoms with van der Waals surface area (Å²) in [7, 11) is 4.98. The third-order valence-corrected chi connectivity index (χ3v) is 2.78. The Morgan fingerprint density at radius 1 is 1.42 bits per heavy atom. The highest BCUT2D eigenvalue weighted by Gasteiger charge is 2.25. The predicted molar refractivity (Wildman–Crippen MR) is 79.0 cm³/mol. The van der Waals surface area contributed by atoms with Crippen LogP contribution in [0.5, 0.6) is 11.5 Å². The molecular formula is C11H16B3NO4. The zero-order valence-corrected chi connectivity index (χ0v) is 11.6. The van der Waals surface area contributed by atoms with Gasteiger partial charge in [0.15, 0.2) is 23.5 Å². The first-order valence-electron chi connectivity index (χ1n) is 6.28. The van der Waals surface area contributed by atoms with Crippen LogP contribution in [0, 0.1) is 0 Å². The highest BCUT2D eigenvalue weighted by atomic mass is 16.7. The minimum atomic E-state index is -1.10. The first-order chi connectivity index (χ1) is 8.76. The fourth-order valence-electron chi connectivity index (χ4n) is 2.08. The fraction of sp³-hybridized carbons (Fsp3) is 0.364. The summed E-state index contributed by atoms with van der Waals surface area (Å²) in [5.41, 5.74) is -0.569. The van der Waals surface area contributed by atoms with Gasteiger partial charge in [-0.2, -0.15) is 0 Å². The molecule has 1 heterocycles. The molecule has 0 saturated carbocycles. The number of ether oxygens (including phenoxy) is 2. The molecule has 98 valence electrons. The maximum Gasteiger partial charge on any atom is 0.207 e. The monoisotopic (exact) mass is 259 g/mol. The second-order valence-electron chi connectivity index (χ2n) is 5.25. The number of rotatable bonds is 4. The van der Waals surface area contributed by atoms with Gasteiger partial charge in [-0.15, -0.1) is 0 Å². The smallest absolute Gasteiger partial charge is 0.207 e. The third kappa shape index (κ3) is 3.33. The Morgan fingerprint density at radius 2 is 2.05 bits per heavy atom. The third-order valence-electron chi connectivity index (χ3n) is 2.78. The van der Waals surface area contributed by atoms with Crippen LogP contribution in [0.4, 0.5) is 0 Å². The summed E-state index contributed by atoms with van der Waals surface area (Å²) in [6.07, 6.45) is -0.327. The van der Waals surface area contributed by atoms with Crippen molar-refractivity contribution in [1.29, 1.82) is 0 Å². The van der Waals surface area contributed by atoms with Crippen LogP contribution in [0.15, 0.2) is 18.2 Å². The summed E-state index contributed by atoms with van der Waals surface area (Å²) in [5.74, 6) is 1.12. The van der Waals surface area contributed by atoms with Crippen LogP contribution in [0.2, 0.25) is 0 Å². The largest absolute Gasteiger partial charge is 0.460 e. The van der Waals surface area contributed by atoms with Crippen LogP contribution in [0.3, 0.4) is 0 Å². The van der Waals surface area contributed by atoms with Gasteiger partial charge in [-0.1, -0.05) is 0 Å². The van der Waals surface area contributed by atoms with Crippen LogP contribution in [-0.2, 0) is 0 Å². The number of carbonyl (C=O) groups is 1. The van der Waals surface area contributed by atoms with Gasteiger partial charge < -0.3 is 14.6 Å². The van der Waals surface area contributed by atoms with Gasteiger partial charge in [0.1, 0.15) is 15.7 Å². The maximum absolute atomic E-state index is 12.2.